The highest BCUT2D eigenvalue weighted by molar-refractivity contribution is 7.99. The molecule has 1 N–H and O–H groups in total. The molecule has 3 rings (SSSR count). The van der Waals surface area contributed by atoms with Crippen LogP contribution in [0.3, 0.4) is 0 Å². The summed E-state index contributed by atoms with van der Waals surface area (Å²) in [5.41, 5.74) is 5.12. The monoisotopic (exact) mass is 286 g/mol. The summed E-state index contributed by atoms with van der Waals surface area (Å²) < 4.78 is 0. The minimum atomic E-state index is 0.714. The molecule has 0 saturated carbocycles. The molecular formula is C17H22N2S. The molecule has 0 radical (unpaired) electrons. The summed E-state index contributed by atoms with van der Waals surface area (Å²) in [5.74, 6) is 0. The van der Waals surface area contributed by atoms with Crippen LogP contribution >= 0.6 is 11.8 Å². The van der Waals surface area contributed by atoms with E-state index in [2.05, 4.69) is 44.3 Å². The third-order valence-corrected chi connectivity index (χ3v) is 5.26. The first-order chi connectivity index (χ1) is 9.63. The van der Waals surface area contributed by atoms with Crippen LogP contribution in [0.2, 0.25) is 0 Å². The first-order valence-corrected chi connectivity index (χ1v) is 8.27. The lowest BCUT2D eigenvalue weighted by Crippen LogP contribution is -2.29. The molecule has 0 amide bonds. The van der Waals surface area contributed by atoms with Gasteiger partial charge in [-0.25, -0.2) is 4.98 Å². The number of nitrogens with zero attached hydrogens (tertiary/aromatic N) is 1. The molecule has 1 aliphatic rings. The van der Waals surface area contributed by atoms with E-state index >= 15 is 0 Å². The van der Waals surface area contributed by atoms with Gasteiger partial charge in [-0.2, -0.15) is 0 Å². The summed E-state index contributed by atoms with van der Waals surface area (Å²) in [6, 6.07) is 6.74. The number of aryl methyl sites for hydroxylation is 3. The fourth-order valence-electron chi connectivity index (χ4n) is 2.96. The maximum absolute atomic E-state index is 4.91. The Kier molecular flexibility index (Phi) is 3.99. The van der Waals surface area contributed by atoms with Crippen LogP contribution in [-0.2, 0) is 0 Å². The number of piperidine rings is 1. The van der Waals surface area contributed by atoms with Crippen LogP contribution in [0, 0.1) is 20.8 Å². The molecule has 20 heavy (non-hydrogen) atoms. The molecular weight excluding hydrogens is 264 g/mol. The lowest BCUT2D eigenvalue weighted by molar-refractivity contribution is 0.531. The third-order valence-electron chi connectivity index (χ3n) is 4.01. The molecule has 3 heteroatoms. The maximum atomic E-state index is 4.91. The van der Waals surface area contributed by atoms with Crippen molar-refractivity contribution in [3.63, 3.8) is 0 Å². The lowest BCUT2D eigenvalue weighted by atomic mass is 10.0. The number of pyridine rings is 1. The van der Waals surface area contributed by atoms with Gasteiger partial charge in [-0.3, -0.25) is 0 Å². The van der Waals surface area contributed by atoms with E-state index in [0.717, 1.165) is 13.1 Å². The molecule has 2 aromatic rings. The Morgan fingerprint density at radius 1 is 1.05 bits per heavy atom. The highest BCUT2D eigenvalue weighted by atomic mass is 32.2. The molecule has 1 saturated heterocycles. The molecule has 1 aromatic carbocycles. The van der Waals surface area contributed by atoms with Gasteiger partial charge in [0.2, 0.25) is 0 Å². The van der Waals surface area contributed by atoms with Gasteiger partial charge in [-0.05, 0) is 70.0 Å². The highest BCUT2D eigenvalue weighted by Gasteiger charge is 2.16. The predicted molar refractivity (Wildman–Crippen MR) is 87.7 cm³/mol. The van der Waals surface area contributed by atoms with E-state index in [0.29, 0.717) is 5.25 Å². The van der Waals surface area contributed by atoms with E-state index in [4.69, 9.17) is 4.98 Å². The smallest absolute Gasteiger partial charge is 0.0973 e. The van der Waals surface area contributed by atoms with Crippen molar-refractivity contribution >= 4 is 22.7 Å². The molecule has 1 aromatic heterocycles. The minimum absolute atomic E-state index is 0.714. The second-order valence-electron chi connectivity index (χ2n) is 5.82. The van der Waals surface area contributed by atoms with E-state index < -0.39 is 0 Å². The molecule has 0 atom stereocenters. The van der Waals surface area contributed by atoms with E-state index in [1.807, 2.05) is 11.8 Å². The zero-order valence-corrected chi connectivity index (χ0v) is 13.3. The van der Waals surface area contributed by atoms with E-state index in [9.17, 15) is 0 Å². The van der Waals surface area contributed by atoms with Gasteiger partial charge >= 0.3 is 0 Å². The van der Waals surface area contributed by atoms with Crippen molar-refractivity contribution in [1.29, 1.82) is 0 Å². The average Bonchev–Trinajstić information content (AvgIpc) is 2.41. The fraction of sp³-hybridized carbons (Fsp3) is 0.471. The second kappa shape index (κ2) is 5.74. The molecule has 2 heterocycles. The van der Waals surface area contributed by atoms with Gasteiger partial charge in [0.25, 0.3) is 0 Å². The third kappa shape index (κ3) is 2.84. The number of benzene rings is 1. The number of hydrogen-bond donors (Lipinski definition) is 1. The summed E-state index contributed by atoms with van der Waals surface area (Å²) in [6.07, 6.45) is 2.49. The zero-order valence-electron chi connectivity index (χ0n) is 12.5. The van der Waals surface area contributed by atoms with Crippen molar-refractivity contribution in [2.75, 3.05) is 13.1 Å². The van der Waals surface area contributed by atoms with Crippen LogP contribution < -0.4 is 5.32 Å². The SMILES string of the molecule is Cc1cc(C)c2nc(SC3CCNCC3)cc(C)c2c1. The number of fused-ring (bicyclic) bond motifs is 1. The Bertz CT molecular complexity index is 630. The first-order valence-electron chi connectivity index (χ1n) is 7.39. The number of aromatic nitrogens is 1. The summed E-state index contributed by atoms with van der Waals surface area (Å²) in [5, 5.41) is 6.63. The Balaban J connectivity index is 1.96. The van der Waals surface area contributed by atoms with Crippen molar-refractivity contribution in [2.24, 2.45) is 0 Å². The Hall–Kier alpha value is -1.06. The molecule has 0 unspecified atom stereocenters. The minimum Gasteiger partial charge on any atom is -0.317 e. The molecule has 0 spiro atoms. The maximum Gasteiger partial charge on any atom is 0.0973 e. The van der Waals surface area contributed by atoms with Gasteiger partial charge in [0.15, 0.2) is 0 Å². The van der Waals surface area contributed by atoms with Crippen LogP contribution in [0.1, 0.15) is 29.5 Å². The van der Waals surface area contributed by atoms with Crippen LogP contribution in [0.5, 0.6) is 0 Å². The van der Waals surface area contributed by atoms with Gasteiger partial charge in [-0.1, -0.05) is 11.6 Å². The number of thioether (sulfide) groups is 1. The van der Waals surface area contributed by atoms with Gasteiger partial charge in [0.05, 0.1) is 10.5 Å². The normalized spacial score (nSPS) is 16.8. The molecule has 1 aliphatic heterocycles. The van der Waals surface area contributed by atoms with E-state index in [-0.39, 0.29) is 0 Å². The number of nitrogens with one attached hydrogen (secondary N) is 1. The summed E-state index contributed by atoms with van der Waals surface area (Å²) in [4.78, 5) is 4.91. The zero-order chi connectivity index (χ0) is 14.1. The summed E-state index contributed by atoms with van der Waals surface area (Å²) in [7, 11) is 0. The van der Waals surface area contributed by atoms with Gasteiger partial charge in [0, 0.05) is 10.6 Å². The average molecular weight is 286 g/mol. The summed E-state index contributed by atoms with van der Waals surface area (Å²) in [6.45, 7) is 8.81. The van der Waals surface area contributed by atoms with E-state index in [1.54, 1.807) is 0 Å². The Morgan fingerprint density at radius 2 is 1.80 bits per heavy atom. The molecule has 0 bridgehead atoms. The van der Waals surface area contributed by atoms with Gasteiger partial charge in [0.1, 0.15) is 0 Å². The van der Waals surface area contributed by atoms with Crippen molar-refractivity contribution < 1.29 is 0 Å². The quantitative estimate of drug-likeness (QED) is 0.903. The van der Waals surface area contributed by atoms with Gasteiger partial charge in [-0.15, -0.1) is 11.8 Å². The van der Waals surface area contributed by atoms with Crippen molar-refractivity contribution in [3.8, 4) is 0 Å². The molecule has 0 aliphatic carbocycles. The van der Waals surface area contributed by atoms with Crippen LogP contribution in [0.25, 0.3) is 10.9 Å². The van der Waals surface area contributed by atoms with Gasteiger partial charge < -0.3 is 5.32 Å². The summed E-state index contributed by atoms with van der Waals surface area (Å²) >= 11 is 1.96. The van der Waals surface area contributed by atoms with Crippen LogP contribution in [-0.4, -0.2) is 23.3 Å². The van der Waals surface area contributed by atoms with Crippen molar-refractivity contribution in [3.05, 3.63) is 34.9 Å². The van der Waals surface area contributed by atoms with E-state index in [1.165, 1.54) is 45.5 Å². The lowest BCUT2D eigenvalue weighted by Gasteiger charge is -2.22. The second-order valence-corrected chi connectivity index (χ2v) is 7.14. The predicted octanol–water partition coefficient (Wildman–Crippen LogP) is 4.00. The Morgan fingerprint density at radius 3 is 2.55 bits per heavy atom. The molecule has 1 fully saturated rings. The Labute approximate surface area is 125 Å². The largest absolute Gasteiger partial charge is 0.317 e. The highest BCUT2D eigenvalue weighted by Crippen LogP contribution is 2.31. The number of hydrogen-bond acceptors (Lipinski definition) is 3. The fourth-order valence-corrected chi connectivity index (χ4v) is 4.16. The van der Waals surface area contributed by atoms with Crippen LogP contribution in [0.15, 0.2) is 23.2 Å². The van der Waals surface area contributed by atoms with Crippen LogP contribution in [0.4, 0.5) is 0 Å². The first kappa shape index (κ1) is 13.9. The van der Waals surface area contributed by atoms with Crippen molar-refractivity contribution in [2.45, 2.75) is 43.9 Å². The van der Waals surface area contributed by atoms with Crippen molar-refractivity contribution in [1.82, 2.24) is 10.3 Å². The standard InChI is InChI=1S/C17H22N2S/c1-11-8-13(3)17-15(9-11)12(2)10-16(19-17)20-14-4-6-18-7-5-14/h8-10,14,18H,4-7H2,1-3H3. The number of rotatable bonds is 2. The molecule has 2 nitrogen and oxygen atoms in total. The topological polar surface area (TPSA) is 24.9 Å². The molecule has 106 valence electrons.